The Morgan fingerprint density at radius 2 is 0.770 bits per heavy atom. The van der Waals surface area contributed by atoms with E-state index in [9.17, 15) is 56.7 Å². The van der Waals surface area contributed by atoms with E-state index in [1.54, 1.807) is 38.1 Å². The molecular formula is C43H30N8Na4O13S6. The minimum atomic E-state index is -5.12. The number of anilines is 2. The number of nitrogens with one attached hydrogen (secondary N) is 2. The molecule has 8 rings (SSSR count). The molecule has 8 aromatic rings. The summed E-state index contributed by atoms with van der Waals surface area (Å²) >= 11 is 1.50. The number of benzene rings is 6. The molecule has 0 unspecified atom stereocenters. The van der Waals surface area contributed by atoms with Crippen LogP contribution in [0.2, 0.25) is 0 Å². The SMILES string of the molecule is Cc1cc(N=Nc2ccc(-c3nc4ccc(C)c(S(=O)(=O)[O-])c4s3)c(S(=O)(=O)[O-])c2)ccc1NC(=O)Nc1ccc(N=Nc2ccc(-c3nc4ccc(C)c(S(=O)(=O)[O-])c4s3)c(S(=O)(=O)[O-])c2)cc1C.[Na+].[Na+].[Na+].[Na+]. The second-order valence-corrected chi connectivity index (χ2v) is 22.6. The van der Waals surface area contributed by atoms with Gasteiger partial charge in [-0.2, -0.15) is 20.5 Å². The largest absolute Gasteiger partial charge is 1.00 e. The van der Waals surface area contributed by atoms with Gasteiger partial charge in [-0.25, -0.2) is 48.4 Å². The van der Waals surface area contributed by atoms with Crippen molar-refractivity contribution >= 4 is 124 Å². The molecule has 2 amide bonds. The number of carbonyl (C=O) groups excluding carboxylic acids is 1. The van der Waals surface area contributed by atoms with Crippen molar-refractivity contribution < 1.29 is 175 Å². The predicted octanol–water partition coefficient (Wildman–Crippen LogP) is -2.42. The van der Waals surface area contributed by atoms with Crippen molar-refractivity contribution in [2.45, 2.75) is 47.3 Å². The summed E-state index contributed by atoms with van der Waals surface area (Å²) in [6, 6.07) is 21.7. The minimum absolute atomic E-state index is 0. The van der Waals surface area contributed by atoms with Crippen LogP contribution in [0.3, 0.4) is 0 Å². The Kier molecular flexibility index (Phi) is 21.5. The number of fused-ring (bicyclic) bond motifs is 2. The monoisotopic (exact) mass is 1150 g/mol. The first-order valence-corrected chi connectivity index (χ1v) is 27.1. The molecule has 2 heterocycles. The van der Waals surface area contributed by atoms with Crippen molar-refractivity contribution in [3.05, 3.63) is 119 Å². The van der Waals surface area contributed by atoms with Gasteiger partial charge in [-0.1, -0.05) is 12.1 Å². The fourth-order valence-corrected chi connectivity index (χ4v) is 13.3. The maximum atomic E-state index is 13.1. The van der Waals surface area contributed by atoms with E-state index in [0.717, 1.165) is 34.8 Å². The fourth-order valence-electron chi connectivity index (χ4n) is 7.11. The molecule has 0 fully saturated rings. The number of nitrogens with zero attached hydrogens (tertiary/aromatic N) is 6. The van der Waals surface area contributed by atoms with Gasteiger partial charge < -0.3 is 28.8 Å². The van der Waals surface area contributed by atoms with Crippen molar-refractivity contribution in [3.8, 4) is 21.1 Å². The summed E-state index contributed by atoms with van der Waals surface area (Å²) in [5, 5.41) is 21.9. The number of aryl methyl sites for hydroxylation is 4. The van der Waals surface area contributed by atoms with Crippen LogP contribution in [0.15, 0.2) is 137 Å². The van der Waals surface area contributed by atoms with Crippen molar-refractivity contribution in [1.29, 1.82) is 0 Å². The average molecular weight is 1150 g/mol. The first-order chi connectivity index (χ1) is 32.7. The number of urea groups is 1. The van der Waals surface area contributed by atoms with Crippen molar-refractivity contribution in [2.75, 3.05) is 10.6 Å². The summed E-state index contributed by atoms with van der Waals surface area (Å²) < 4.78 is 146. The Hall–Kier alpha value is -2.79. The number of hydrogen-bond donors (Lipinski definition) is 2. The molecule has 0 aliphatic heterocycles. The Labute approximate surface area is 520 Å². The molecule has 0 saturated heterocycles. The Bertz CT molecular complexity index is 3810. The van der Waals surface area contributed by atoms with E-state index < -0.39 is 66.1 Å². The Morgan fingerprint density at radius 3 is 1.08 bits per heavy atom. The molecule has 74 heavy (non-hydrogen) atoms. The van der Waals surface area contributed by atoms with Crippen molar-refractivity contribution in [3.63, 3.8) is 0 Å². The van der Waals surface area contributed by atoms with Crippen LogP contribution >= 0.6 is 22.7 Å². The van der Waals surface area contributed by atoms with Gasteiger partial charge in [0, 0.05) is 22.5 Å². The van der Waals surface area contributed by atoms with E-state index in [0.29, 0.717) is 33.9 Å². The number of aromatic nitrogens is 2. The first kappa shape index (κ1) is 63.7. The zero-order valence-electron chi connectivity index (χ0n) is 40.2. The maximum absolute atomic E-state index is 13.1. The zero-order valence-corrected chi connectivity index (χ0v) is 53.1. The maximum Gasteiger partial charge on any atom is 1.00 e. The number of thiazole rings is 2. The van der Waals surface area contributed by atoms with Crippen LogP contribution in [0.1, 0.15) is 22.3 Å². The number of azo groups is 2. The molecule has 2 aromatic heterocycles. The van der Waals surface area contributed by atoms with Gasteiger partial charge in [0.05, 0.1) is 62.8 Å². The minimum Gasteiger partial charge on any atom is -0.744 e. The molecule has 0 radical (unpaired) electrons. The quantitative estimate of drug-likeness (QED) is 0.0731. The van der Waals surface area contributed by atoms with Gasteiger partial charge in [-0.15, -0.1) is 22.7 Å². The molecule has 6 aromatic carbocycles. The van der Waals surface area contributed by atoms with E-state index in [1.807, 2.05) is 0 Å². The van der Waals surface area contributed by atoms with Crippen LogP contribution in [-0.2, 0) is 40.5 Å². The molecule has 31 heteroatoms. The molecular weight excluding hydrogens is 1120 g/mol. The molecule has 21 nitrogen and oxygen atoms in total. The second kappa shape index (κ2) is 24.9. The first-order valence-electron chi connectivity index (χ1n) is 19.8. The number of hydrogen-bond acceptors (Lipinski definition) is 21. The van der Waals surface area contributed by atoms with E-state index in [4.69, 9.17) is 0 Å². The van der Waals surface area contributed by atoms with Gasteiger partial charge in [0.15, 0.2) is 0 Å². The topological polar surface area (TPSA) is 345 Å². The van der Waals surface area contributed by atoms with Crippen LogP contribution in [0, 0.1) is 27.7 Å². The van der Waals surface area contributed by atoms with Crippen LogP contribution in [-0.4, -0.2) is 67.9 Å². The summed E-state index contributed by atoms with van der Waals surface area (Å²) in [5.74, 6) is 0. The van der Waals surface area contributed by atoms with Crippen LogP contribution in [0.5, 0.6) is 0 Å². The standard InChI is InChI=1S/C43H34N8O13S6.4Na/c1-21-5-13-33-37(39(21)69(59,60)61)65-41(44-33)29-11-7-27(19-35(29)67(53,54)55)50-48-25-9-15-31(23(3)17-25)46-43(52)47-32-16-10-26(18-24(32)4)49-51-28-8-12-30(36(20-28)68(56,57)58)42-45-34-14-6-22(2)40(38(34)66-42)70(62,63)64;;;;/h5-20H,1-4H3,(H2,46,47,52)(H,53,54,55)(H,56,57,58)(H,59,60,61)(H,62,63,64);;;;/q;4*+1/p-4. The summed E-state index contributed by atoms with van der Waals surface area (Å²) in [6.45, 7) is 6.24. The smallest absolute Gasteiger partial charge is 0.744 e. The number of rotatable bonds is 12. The van der Waals surface area contributed by atoms with E-state index in [1.165, 1.54) is 74.5 Å². The molecule has 0 aliphatic carbocycles. The van der Waals surface area contributed by atoms with Crippen LogP contribution in [0.25, 0.3) is 41.6 Å². The van der Waals surface area contributed by atoms with Gasteiger partial charge in [-0.05, 0) is 135 Å². The van der Waals surface area contributed by atoms with Gasteiger partial charge in [0.1, 0.15) is 50.5 Å². The summed E-state index contributed by atoms with van der Waals surface area (Å²) in [6.07, 6.45) is 0. The normalized spacial score (nSPS) is 12.0. The van der Waals surface area contributed by atoms with Crippen molar-refractivity contribution in [2.24, 2.45) is 20.5 Å². The predicted molar refractivity (Wildman–Crippen MR) is 255 cm³/mol. The van der Waals surface area contributed by atoms with Crippen LogP contribution < -0.4 is 129 Å². The molecule has 0 aliphatic rings. The van der Waals surface area contributed by atoms with Gasteiger partial charge >= 0.3 is 124 Å². The Morgan fingerprint density at radius 1 is 0.446 bits per heavy atom. The number of amides is 2. The van der Waals surface area contributed by atoms with E-state index in [-0.39, 0.29) is 182 Å². The van der Waals surface area contributed by atoms with Crippen molar-refractivity contribution in [1.82, 2.24) is 9.97 Å². The third-order valence-corrected chi connectivity index (χ3v) is 16.6. The summed E-state index contributed by atoms with van der Waals surface area (Å²) in [4.78, 5) is 19.3. The van der Waals surface area contributed by atoms with E-state index in [2.05, 4.69) is 41.1 Å². The third-order valence-electron chi connectivity index (χ3n) is 10.3. The Balaban J connectivity index is 0.00000296. The molecule has 360 valence electrons. The average Bonchev–Trinajstić information content (AvgIpc) is 3.89. The van der Waals surface area contributed by atoms with Gasteiger partial charge in [-0.3, -0.25) is 0 Å². The molecule has 0 bridgehead atoms. The van der Waals surface area contributed by atoms with Crippen LogP contribution in [0.4, 0.5) is 38.9 Å². The summed E-state index contributed by atoms with van der Waals surface area (Å²) in [5.41, 5.74) is 2.83. The van der Waals surface area contributed by atoms with E-state index >= 15 is 0 Å². The molecule has 0 spiro atoms. The van der Waals surface area contributed by atoms with Gasteiger partial charge in [0.2, 0.25) is 0 Å². The zero-order chi connectivity index (χ0) is 50.7. The van der Waals surface area contributed by atoms with Gasteiger partial charge in [0.25, 0.3) is 0 Å². The molecule has 2 N–H and O–H groups in total. The molecule has 0 saturated carbocycles. The number of carbonyl (C=O) groups is 1. The molecule has 0 atom stereocenters. The summed E-state index contributed by atoms with van der Waals surface area (Å²) in [7, 11) is -20.1. The third kappa shape index (κ3) is 14.5. The fraction of sp³-hybridized carbons (Fsp3) is 0.0930. The second-order valence-electron chi connectivity index (χ2n) is 15.3.